The summed E-state index contributed by atoms with van der Waals surface area (Å²) in [7, 11) is 0. The van der Waals surface area contributed by atoms with Crippen molar-refractivity contribution in [2.24, 2.45) is 0 Å². The number of carbonyl (C=O) groups is 1. The monoisotopic (exact) mass is 192 g/mol. The number of hydrazine groups is 1. The average molecular weight is 192 g/mol. The molecule has 1 aromatic rings. The normalized spacial score (nSPS) is 16.3. The molecule has 1 heterocycles. The highest BCUT2D eigenvalue weighted by molar-refractivity contribution is 5.77. The van der Waals surface area contributed by atoms with Gasteiger partial charge in [-0.15, -0.1) is 0 Å². The molecule has 0 aliphatic carbocycles. The lowest BCUT2D eigenvalue weighted by molar-refractivity contribution is -0.130. The zero-order valence-corrected chi connectivity index (χ0v) is 7.73. The molecule has 0 bridgehead atoms. The Labute approximate surface area is 82.1 Å². The lowest BCUT2D eigenvalue weighted by Gasteiger charge is -2.16. The van der Waals surface area contributed by atoms with Crippen LogP contribution in [0.2, 0.25) is 0 Å². The average Bonchev–Trinajstić information content (AvgIpc) is 2.56. The van der Waals surface area contributed by atoms with E-state index >= 15 is 0 Å². The first-order valence-corrected chi connectivity index (χ1v) is 4.58. The fourth-order valence-corrected chi connectivity index (χ4v) is 1.48. The predicted octanol–water partition coefficient (Wildman–Crippen LogP) is 0.629. The van der Waals surface area contributed by atoms with Gasteiger partial charge in [0, 0.05) is 18.5 Å². The molecule has 0 saturated carbocycles. The van der Waals surface area contributed by atoms with Gasteiger partial charge in [0.2, 0.25) is 5.91 Å². The Hall–Kier alpha value is -1.55. The Morgan fingerprint density at radius 1 is 1.43 bits per heavy atom. The molecule has 4 nitrogen and oxygen atoms in total. The summed E-state index contributed by atoms with van der Waals surface area (Å²) in [5.41, 5.74) is 3.71. The lowest BCUT2D eigenvalue weighted by atomic mass is 10.2. The fourth-order valence-electron chi connectivity index (χ4n) is 1.48. The van der Waals surface area contributed by atoms with Gasteiger partial charge >= 0.3 is 0 Å². The van der Waals surface area contributed by atoms with Crippen molar-refractivity contribution >= 4 is 5.91 Å². The molecule has 0 radical (unpaired) electrons. The smallest absolute Gasteiger partial charge is 0.238 e. The molecule has 0 spiro atoms. The van der Waals surface area contributed by atoms with Crippen molar-refractivity contribution in [2.75, 3.05) is 6.54 Å². The summed E-state index contributed by atoms with van der Waals surface area (Å²) in [6, 6.07) is 7.03. The quantitative estimate of drug-likeness (QED) is 0.722. The number of para-hydroxylation sites is 1. The summed E-state index contributed by atoms with van der Waals surface area (Å²) in [6.07, 6.45) is 0.535. The minimum atomic E-state index is 0.0771. The van der Waals surface area contributed by atoms with Crippen LogP contribution in [0.4, 0.5) is 0 Å². The Morgan fingerprint density at radius 2 is 2.21 bits per heavy atom. The molecule has 1 amide bonds. The van der Waals surface area contributed by atoms with E-state index in [1.165, 1.54) is 5.01 Å². The van der Waals surface area contributed by atoms with Crippen LogP contribution in [0.25, 0.3) is 0 Å². The molecule has 1 saturated heterocycles. The number of carbonyl (C=O) groups excluding carboxylic acids is 1. The largest absolute Gasteiger partial charge is 0.508 e. The fraction of sp³-hybridized carbons (Fsp3) is 0.300. The van der Waals surface area contributed by atoms with Crippen molar-refractivity contribution in [3.8, 4) is 5.75 Å². The van der Waals surface area contributed by atoms with Crippen LogP contribution in [-0.4, -0.2) is 22.6 Å². The molecule has 1 aliphatic rings. The summed E-state index contributed by atoms with van der Waals surface area (Å²) in [4.78, 5) is 11.3. The van der Waals surface area contributed by atoms with Crippen LogP contribution in [0.15, 0.2) is 24.3 Å². The Bertz CT molecular complexity index is 352. The van der Waals surface area contributed by atoms with E-state index in [1.54, 1.807) is 12.1 Å². The van der Waals surface area contributed by atoms with Crippen LogP contribution in [0.5, 0.6) is 5.75 Å². The van der Waals surface area contributed by atoms with Gasteiger partial charge in [-0.05, 0) is 6.07 Å². The van der Waals surface area contributed by atoms with E-state index in [4.69, 9.17) is 0 Å². The Morgan fingerprint density at radius 3 is 2.86 bits per heavy atom. The van der Waals surface area contributed by atoms with Gasteiger partial charge in [-0.3, -0.25) is 9.80 Å². The van der Waals surface area contributed by atoms with E-state index in [2.05, 4.69) is 5.43 Å². The molecule has 1 aliphatic heterocycles. The molecule has 14 heavy (non-hydrogen) atoms. The standard InChI is InChI=1S/C10H12N2O2/c13-9-4-2-1-3-8(9)7-12-10(14)5-6-11-12/h1-4,11,13H,5-7H2. The number of aromatic hydroxyl groups is 1. The summed E-state index contributed by atoms with van der Waals surface area (Å²) in [6.45, 7) is 1.11. The first-order chi connectivity index (χ1) is 6.77. The summed E-state index contributed by atoms with van der Waals surface area (Å²) in [5, 5.41) is 11.0. The number of nitrogens with one attached hydrogen (secondary N) is 1. The van der Waals surface area contributed by atoms with Gasteiger partial charge in [0.1, 0.15) is 5.75 Å². The highest BCUT2D eigenvalue weighted by Gasteiger charge is 2.20. The number of amides is 1. The van der Waals surface area contributed by atoms with Crippen LogP contribution in [0.1, 0.15) is 12.0 Å². The van der Waals surface area contributed by atoms with Gasteiger partial charge in [-0.2, -0.15) is 0 Å². The maximum Gasteiger partial charge on any atom is 0.238 e. The van der Waals surface area contributed by atoms with E-state index in [1.807, 2.05) is 12.1 Å². The van der Waals surface area contributed by atoms with Crippen molar-refractivity contribution < 1.29 is 9.90 Å². The maximum absolute atomic E-state index is 11.3. The van der Waals surface area contributed by atoms with Crippen LogP contribution in [0.3, 0.4) is 0 Å². The molecular weight excluding hydrogens is 180 g/mol. The second-order valence-corrected chi connectivity index (χ2v) is 3.27. The summed E-state index contributed by atoms with van der Waals surface area (Å²) >= 11 is 0. The molecular formula is C10H12N2O2. The molecule has 1 fully saturated rings. The van der Waals surface area contributed by atoms with E-state index in [0.29, 0.717) is 19.5 Å². The summed E-state index contributed by atoms with van der Waals surface area (Å²) < 4.78 is 0. The molecule has 2 rings (SSSR count). The molecule has 0 atom stereocenters. The van der Waals surface area contributed by atoms with Gasteiger partial charge in [0.15, 0.2) is 0 Å². The van der Waals surface area contributed by atoms with Gasteiger partial charge in [-0.25, -0.2) is 5.43 Å². The maximum atomic E-state index is 11.3. The van der Waals surface area contributed by atoms with Crippen molar-refractivity contribution in [2.45, 2.75) is 13.0 Å². The first-order valence-electron chi connectivity index (χ1n) is 4.58. The minimum Gasteiger partial charge on any atom is -0.508 e. The number of hydrogen-bond donors (Lipinski definition) is 2. The second kappa shape index (κ2) is 3.67. The van der Waals surface area contributed by atoms with Crippen LogP contribution < -0.4 is 5.43 Å². The van der Waals surface area contributed by atoms with Crippen LogP contribution in [-0.2, 0) is 11.3 Å². The van der Waals surface area contributed by atoms with Crippen molar-refractivity contribution in [3.63, 3.8) is 0 Å². The van der Waals surface area contributed by atoms with E-state index in [9.17, 15) is 9.90 Å². The van der Waals surface area contributed by atoms with Crippen LogP contribution >= 0.6 is 0 Å². The second-order valence-electron chi connectivity index (χ2n) is 3.27. The molecule has 1 aromatic carbocycles. The van der Waals surface area contributed by atoms with Gasteiger partial charge in [0.25, 0.3) is 0 Å². The Balaban J connectivity index is 2.10. The highest BCUT2D eigenvalue weighted by Crippen LogP contribution is 2.18. The van der Waals surface area contributed by atoms with Crippen LogP contribution in [0, 0.1) is 0 Å². The van der Waals surface area contributed by atoms with Gasteiger partial charge < -0.3 is 5.11 Å². The third kappa shape index (κ3) is 1.70. The Kier molecular flexibility index (Phi) is 2.37. The van der Waals surface area contributed by atoms with Crippen molar-refractivity contribution in [1.29, 1.82) is 0 Å². The van der Waals surface area contributed by atoms with E-state index in [0.717, 1.165) is 5.56 Å². The molecule has 0 unspecified atom stereocenters. The SMILES string of the molecule is O=C1CCNN1Cc1ccccc1O. The zero-order chi connectivity index (χ0) is 9.97. The number of rotatable bonds is 2. The number of benzene rings is 1. The first kappa shape index (κ1) is 9.02. The van der Waals surface area contributed by atoms with E-state index < -0.39 is 0 Å². The number of phenols is 1. The van der Waals surface area contributed by atoms with Crippen molar-refractivity contribution in [3.05, 3.63) is 29.8 Å². The lowest BCUT2D eigenvalue weighted by Crippen LogP contribution is -2.33. The number of phenolic OH excluding ortho intramolecular Hbond substituents is 1. The zero-order valence-electron chi connectivity index (χ0n) is 7.73. The topological polar surface area (TPSA) is 52.6 Å². The van der Waals surface area contributed by atoms with Gasteiger partial charge in [-0.1, -0.05) is 18.2 Å². The molecule has 4 heteroatoms. The molecule has 2 N–H and O–H groups in total. The summed E-state index contributed by atoms with van der Waals surface area (Å²) in [5.74, 6) is 0.308. The minimum absolute atomic E-state index is 0.0771. The highest BCUT2D eigenvalue weighted by atomic mass is 16.3. The van der Waals surface area contributed by atoms with Gasteiger partial charge in [0.05, 0.1) is 6.54 Å². The molecule has 0 aromatic heterocycles. The third-order valence-corrected chi connectivity index (χ3v) is 2.26. The van der Waals surface area contributed by atoms with E-state index in [-0.39, 0.29) is 11.7 Å². The third-order valence-electron chi connectivity index (χ3n) is 2.26. The molecule has 74 valence electrons. The predicted molar refractivity (Wildman–Crippen MR) is 51.3 cm³/mol. The van der Waals surface area contributed by atoms with Crippen molar-refractivity contribution in [1.82, 2.24) is 10.4 Å². The number of nitrogens with zero attached hydrogens (tertiary/aromatic N) is 1. The number of hydrogen-bond acceptors (Lipinski definition) is 3.